The van der Waals surface area contributed by atoms with Crippen LogP contribution < -0.4 is 0 Å². The summed E-state index contributed by atoms with van der Waals surface area (Å²) in [5.74, 6) is 0.865. The van der Waals surface area contributed by atoms with Crippen molar-refractivity contribution in [3.8, 4) is 28.2 Å². The number of pyridine rings is 1. The molecule has 0 aliphatic heterocycles. The number of benzene rings is 4. The number of aryl methyl sites for hydroxylation is 3. The molecule has 0 aliphatic rings. The van der Waals surface area contributed by atoms with Gasteiger partial charge in [-0.25, -0.2) is 9.97 Å². The zero-order valence-electron chi connectivity index (χ0n) is 21.0. The number of nitrogens with zero attached hydrogens (tertiary/aromatic N) is 3. The lowest BCUT2D eigenvalue weighted by Gasteiger charge is -2.17. The number of fused-ring (bicyclic) bond motifs is 4. The lowest BCUT2D eigenvalue weighted by molar-refractivity contribution is 0.654. The predicted molar refractivity (Wildman–Crippen MR) is 151 cm³/mol. The normalized spacial score (nSPS) is 11.6. The Hall–Kier alpha value is -4.70. The van der Waals surface area contributed by atoms with Crippen LogP contribution in [0.3, 0.4) is 0 Å². The topological polar surface area (TPSA) is 43.9 Å². The molecule has 0 bridgehead atoms. The SMILES string of the molecule is Cc1cc(-c2ccccc2)cc(C)c1-n1c(-c2ccc(C)c3c2oc2ncccc23)nc2ccccc21. The average Bonchev–Trinajstić information content (AvgIpc) is 3.49. The molecule has 0 N–H and O–H groups in total. The van der Waals surface area contributed by atoms with Crippen molar-refractivity contribution in [2.45, 2.75) is 20.8 Å². The summed E-state index contributed by atoms with van der Waals surface area (Å²) in [6.07, 6.45) is 1.77. The molecule has 37 heavy (non-hydrogen) atoms. The Kier molecular flexibility index (Phi) is 4.76. The van der Waals surface area contributed by atoms with E-state index in [1.807, 2.05) is 12.1 Å². The highest BCUT2D eigenvalue weighted by atomic mass is 16.3. The van der Waals surface area contributed by atoms with Gasteiger partial charge in [0.25, 0.3) is 0 Å². The minimum absolute atomic E-state index is 0.648. The number of para-hydroxylation sites is 2. The van der Waals surface area contributed by atoms with E-state index in [0.717, 1.165) is 50.0 Å². The Morgan fingerprint density at radius 3 is 2.27 bits per heavy atom. The molecule has 0 amide bonds. The van der Waals surface area contributed by atoms with Crippen LogP contribution in [-0.2, 0) is 0 Å². The number of hydrogen-bond donors (Lipinski definition) is 0. The van der Waals surface area contributed by atoms with E-state index in [0.29, 0.717) is 5.71 Å². The van der Waals surface area contributed by atoms with Gasteiger partial charge in [0.05, 0.1) is 22.3 Å². The second kappa shape index (κ2) is 8.17. The maximum absolute atomic E-state index is 6.38. The molecular weight excluding hydrogens is 454 g/mol. The summed E-state index contributed by atoms with van der Waals surface area (Å²) in [6, 6.07) is 31.7. The van der Waals surface area contributed by atoms with Crippen molar-refractivity contribution >= 4 is 33.1 Å². The third-order valence-electron chi connectivity index (χ3n) is 7.23. The second-order valence-corrected chi connectivity index (χ2v) is 9.68. The van der Waals surface area contributed by atoms with Crippen LogP contribution >= 0.6 is 0 Å². The minimum atomic E-state index is 0.648. The molecule has 4 aromatic carbocycles. The third-order valence-corrected chi connectivity index (χ3v) is 7.23. The lowest BCUT2D eigenvalue weighted by Crippen LogP contribution is -2.03. The quantitative estimate of drug-likeness (QED) is 0.255. The van der Waals surface area contributed by atoms with Crippen molar-refractivity contribution < 1.29 is 4.42 Å². The van der Waals surface area contributed by atoms with Crippen molar-refractivity contribution in [1.82, 2.24) is 14.5 Å². The summed E-state index contributed by atoms with van der Waals surface area (Å²) in [4.78, 5) is 9.65. The minimum Gasteiger partial charge on any atom is -0.437 e. The van der Waals surface area contributed by atoms with Gasteiger partial charge in [0.1, 0.15) is 11.4 Å². The van der Waals surface area contributed by atoms with Gasteiger partial charge in [0, 0.05) is 17.0 Å². The molecule has 7 rings (SSSR count). The van der Waals surface area contributed by atoms with Crippen LogP contribution in [-0.4, -0.2) is 14.5 Å². The molecule has 0 aliphatic carbocycles. The Balaban J connectivity index is 1.54. The Morgan fingerprint density at radius 2 is 1.46 bits per heavy atom. The summed E-state index contributed by atoms with van der Waals surface area (Å²) in [7, 11) is 0. The first kappa shape index (κ1) is 21.6. The van der Waals surface area contributed by atoms with Crippen LogP contribution in [0.25, 0.3) is 61.3 Å². The summed E-state index contributed by atoms with van der Waals surface area (Å²) >= 11 is 0. The van der Waals surface area contributed by atoms with Crippen LogP contribution in [0.4, 0.5) is 0 Å². The van der Waals surface area contributed by atoms with E-state index in [4.69, 9.17) is 9.40 Å². The van der Waals surface area contributed by atoms with Gasteiger partial charge in [-0.15, -0.1) is 0 Å². The predicted octanol–water partition coefficient (Wildman–Crippen LogP) is 8.58. The van der Waals surface area contributed by atoms with E-state index in [1.165, 1.54) is 22.3 Å². The fourth-order valence-electron chi connectivity index (χ4n) is 5.60. The zero-order chi connectivity index (χ0) is 25.1. The molecule has 0 unspecified atom stereocenters. The summed E-state index contributed by atoms with van der Waals surface area (Å²) in [6.45, 7) is 6.49. The highest BCUT2D eigenvalue weighted by molar-refractivity contribution is 6.10. The Morgan fingerprint density at radius 1 is 0.703 bits per heavy atom. The summed E-state index contributed by atoms with van der Waals surface area (Å²) < 4.78 is 8.67. The molecule has 4 heteroatoms. The number of aromatic nitrogens is 3. The van der Waals surface area contributed by atoms with Crippen molar-refractivity contribution in [3.63, 3.8) is 0 Å². The van der Waals surface area contributed by atoms with E-state index in [1.54, 1.807) is 6.20 Å². The van der Waals surface area contributed by atoms with Gasteiger partial charge in [0.2, 0.25) is 5.71 Å². The summed E-state index contributed by atoms with van der Waals surface area (Å²) in [5.41, 5.74) is 11.6. The molecule has 0 saturated carbocycles. The van der Waals surface area contributed by atoms with Gasteiger partial charge in [0.15, 0.2) is 0 Å². The smallest absolute Gasteiger partial charge is 0.227 e. The number of furan rings is 1. The Labute approximate surface area is 214 Å². The molecule has 0 saturated heterocycles. The lowest BCUT2D eigenvalue weighted by atomic mass is 9.98. The van der Waals surface area contributed by atoms with Gasteiger partial charge in [-0.1, -0.05) is 48.5 Å². The van der Waals surface area contributed by atoms with E-state index < -0.39 is 0 Å². The Bertz CT molecular complexity index is 1940. The van der Waals surface area contributed by atoms with Crippen LogP contribution in [0.5, 0.6) is 0 Å². The monoisotopic (exact) mass is 479 g/mol. The summed E-state index contributed by atoms with van der Waals surface area (Å²) in [5, 5.41) is 2.12. The number of imidazole rings is 1. The molecule has 0 spiro atoms. The molecule has 0 radical (unpaired) electrons. The molecule has 0 fully saturated rings. The van der Waals surface area contributed by atoms with Gasteiger partial charge < -0.3 is 4.42 Å². The van der Waals surface area contributed by atoms with Crippen LogP contribution in [0.2, 0.25) is 0 Å². The fourth-order valence-corrected chi connectivity index (χ4v) is 5.60. The van der Waals surface area contributed by atoms with Crippen LogP contribution in [0.1, 0.15) is 16.7 Å². The van der Waals surface area contributed by atoms with Crippen LogP contribution in [0.15, 0.2) is 102 Å². The van der Waals surface area contributed by atoms with Crippen molar-refractivity contribution in [1.29, 1.82) is 0 Å². The van der Waals surface area contributed by atoms with Crippen molar-refractivity contribution in [2.75, 3.05) is 0 Å². The van der Waals surface area contributed by atoms with Gasteiger partial charge in [-0.3, -0.25) is 4.57 Å². The van der Waals surface area contributed by atoms with Crippen molar-refractivity contribution in [3.05, 3.63) is 114 Å². The molecule has 4 nitrogen and oxygen atoms in total. The molecule has 0 atom stereocenters. The first-order chi connectivity index (χ1) is 18.1. The molecular formula is C33H25N3O. The van der Waals surface area contributed by atoms with E-state index >= 15 is 0 Å². The zero-order valence-corrected chi connectivity index (χ0v) is 21.0. The average molecular weight is 480 g/mol. The van der Waals surface area contributed by atoms with E-state index in [9.17, 15) is 0 Å². The van der Waals surface area contributed by atoms with Crippen molar-refractivity contribution in [2.24, 2.45) is 0 Å². The van der Waals surface area contributed by atoms with Gasteiger partial charge in [-0.2, -0.15) is 0 Å². The van der Waals surface area contributed by atoms with E-state index in [-0.39, 0.29) is 0 Å². The first-order valence-corrected chi connectivity index (χ1v) is 12.5. The molecule has 3 aromatic heterocycles. The van der Waals surface area contributed by atoms with Crippen LogP contribution in [0, 0.1) is 20.8 Å². The van der Waals surface area contributed by atoms with Gasteiger partial charge >= 0.3 is 0 Å². The molecule has 178 valence electrons. The second-order valence-electron chi connectivity index (χ2n) is 9.68. The molecule has 7 aromatic rings. The third kappa shape index (κ3) is 3.30. The number of hydrogen-bond acceptors (Lipinski definition) is 3. The van der Waals surface area contributed by atoms with E-state index in [2.05, 4.69) is 109 Å². The highest BCUT2D eigenvalue weighted by Crippen LogP contribution is 2.40. The van der Waals surface area contributed by atoms with Gasteiger partial charge in [-0.05, 0) is 91.1 Å². The molecule has 3 heterocycles. The fraction of sp³-hybridized carbons (Fsp3) is 0.0909. The largest absolute Gasteiger partial charge is 0.437 e. The maximum Gasteiger partial charge on any atom is 0.227 e. The number of rotatable bonds is 3. The standard InChI is InChI=1S/C33H25N3O/c1-20-15-16-26(31-29(20)25-12-9-17-34-33(25)37-31)32-35-27-13-7-8-14-28(27)36(32)30-21(2)18-24(19-22(30)3)23-10-5-4-6-11-23/h4-19H,1-3H3. The highest BCUT2D eigenvalue weighted by Gasteiger charge is 2.22. The maximum atomic E-state index is 6.38. The first-order valence-electron chi connectivity index (χ1n) is 12.5.